The highest BCUT2D eigenvalue weighted by Crippen LogP contribution is 2.24. The van der Waals surface area contributed by atoms with Crippen molar-refractivity contribution >= 4 is 40.3 Å². The van der Waals surface area contributed by atoms with Crippen LogP contribution in [0.1, 0.15) is 22.7 Å². The number of urea groups is 1. The van der Waals surface area contributed by atoms with Gasteiger partial charge in [-0.05, 0) is 34.9 Å². The number of H-pyrrole nitrogens is 1. The van der Waals surface area contributed by atoms with E-state index in [0.29, 0.717) is 11.4 Å². The summed E-state index contributed by atoms with van der Waals surface area (Å²) in [7, 11) is 0. The first kappa shape index (κ1) is 22.7. The molecule has 4 aromatic rings. The number of para-hydroxylation sites is 1. The van der Waals surface area contributed by atoms with E-state index in [0.717, 1.165) is 32.5 Å². The van der Waals surface area contributed by atoms with E-state index in [1.54, 1.807) is 12.1 Å². The molecule has 2 unspecified atom stereocenters. The number of carbonyl (C=O) groups excluding carboxylic acids is 3. The maximum Gasteiger partial charge on any atom is 0.325 e. The van der Waals surface area contributed by atoms with Crippen LogP contribution in [0.25, 0.3) is 10.9 Å². The largest absolute Gasteiger partial charge is 0.361 e. The molecule has 0 spiro atoms. The Bertz CT molecular complexity index is 1380. The molecule has 1 fully saturated rings. The number of aromatic nitrogens is 1. The molecule has 1 aliphatic heterocycles. The van der Waals surface area contributed by atoms with Crippen LogP contribution in [0.5, 0.6) is 0 Å². The van der Waals surface area contributed by atoms with Crippen molar-refractivity contribution in [3.05, 3.63) is 107 Å². The fourth-order valence-corrected chi connectivity index (χ4v) is 4.52. The zero-order valence-electron chi connectivity index (χ0n) is 18.7. The number of hydrogen-bond donors (Lipinski definition) is 3. The minimum atomic E-state index is -0.726. The number of carbonyl (C=O) groups is 3. The van der Waals surface area contributed by atoms with Gasteiger partial charge < -0.3 is 15.6 Å². The molecular weight excluding hydrogens is 464 g/mol. The van der Waals surface area contributed by atoms with Crippen LogP contribution in [0.3, 0.4) is 0 Å². The summed E-state index contributed by atoms with van der Waals surface area (Å²) < 4.78 is 0. The lowest BCUT2D eigenvalue weighted by atomic mass is 9.98. The lowest BCUT2D eigenvalue weighted by molar-refractivity contribution is -0.132. The number of nitrogens with one attached hydrogen (secondary N) is 3. The molecule has 0 saturated carbocycles. The van der Waals surface area contributed by atoms with Crippen LogP contribution >= 0.6 is 11.6 Å². The fraction of sp³-hybridized carbons (Fsp3) is 0.148. The molecule has 1 aromatic heterocycles. The molecule has 1 aliphatic rings. The van der Waals surface area contributed by atoms with Gasteiger partial charge in [-0.3, -0.25) is 14.5 Å². The number of fused-ring (bicyclic) bond motifs is 1. The number of hydrogen-bond acceptors (Lipinski definition) is 3. The molecule has 176 valence electrons. The van der Waals surface area contributed by atoms with Crippen molar-refractivity contribution in [1.29, 1.82) is 0 Å². The van der Waals surface area contributed by atoms with Crippen molar-refractivity contribution in [1.82, 2.24) is 20.5 Å². The second-order valence-electron chi connectivity index (χ2n) is 8.45. The average Bonchev–Trinajstić information content (AvgIpc) is 3.40. The predicted molar refractivity (Wildman–Crippen MR) is 134 cm³/mol. The standard InChI is InChI=1S/C27H23ClN4O3/c28-20-12-10-18(11-13-20)25(17-6-2-1-3-7-17)31-24(33)16-32-26(34)23(30-27(32)35)14-19-15-29-22-9-5-4-8-21(19)22/h1-13,15,23,25,29H,14,16H2,(H,30,35)(H,31,33). The summed E-state index contributed by atoms with van der Waals surface area (Å²) in [6.07, 6.45) is 2.18. The third-order valence-electron chi connectivity index (χ3n) is 6.15. The molecule has 4 amide bonds. The van der Waals surface area contributed by atoms with E-state index in [4.69, 9.17) is 11.6 Å². The minimum Gasteiger partial charge on any atom is -0.361 e. The smallest absolute Gasteiger partial charge is 0.325 e. The Balaban J connectivity index is 1.29. The summed E-state index contributed by atoms with van der Waals surface area (Å²) >= 11 is 6.03. The Labute approximate surface area is 207 Å². The Kier molecular flexibility index (Phi) is 6.25. The Morgan fingerprint density at radius 2 is 1.63 bits per heavy atom. The normalized spacial score (nSPS) is 16.4. The second-order valence-corrected chi connectivity index (χ2v) is 8.89. The summed E-state index contributed by atoms with van der Waals surface area (Å²) in [5, 5.41) is 7.26. The first-order valence-corrected chi connectivity index (χ1v) is 11.6. The first-order chi connectivity index (χ1) is 17.0. The van der Waals surface area contributed by atoms with E-state index in [9.17, 15) is 14.4 Å². The highest BCUT2D eigenvalue weighted by Gasteiger charge is 2.39. The molecule has 0 bridgehead atoms. The number of nitrogens with zero attached hydrogens (tertiary/aromatic N) is 1. The van der Waals surface area contributed by atoms with Crippen LogP contribution in [0, 0.1) is 0 Å². The van der Waals surface area contributed by atoms with Gasteiger partial charge in [-0.25, -0.2) is 4.79 Å². The Hall–Kier alpha value is -4.10. The van der Waals surface area contributed by atoms with Crippen molar-refractivity contribution in [2.45, 2.75) is 18.5 Å². The molecule has 0 radical (unpaired) electrons. The lowest BCUT2D eigenvalue weighted by Gasteiger charge is -2.21. The first-order valence-electron chi connectivity index (χ1n) is 11.3. The van der Waals surface area contributed by atoms with Crippen LogP contribution < -0.4 is 10.6 Å². The van der Waals surface area contributed by atoms with Crippen LogP contribution in [0.2, 0.25) is 5.02 Å². The maximum absolute atomic E-state index is 13.0. The summed E-state index contributed by atoms with van der Waals surface area (Å²) in [6, 6.07) is 22.7. The van der Waals surface area contributed by atoms with Crippen molar-refractivity contribution in [3.63, 3.8) is 0 Å². The number of imide groups is 1. The molecular formula is C27H23ClN4O3. The highest BCUT2D eigenvalue weighted by atomic mass is 35.5. The topological polar surface area (TPSA) is 94.3 Å². The van der Waals surface area contributed by atoms with E-state index in [2.05, 4.69) is 15.6 Å². The van der Waals surface area contributed by atoms with Gasteiger partial charge in [-0.1, -0.05) is 72.3 Å². The number of halogens is 1. The highest BCUT2D eigenvalue weighted by molar-refractivity contribution is 6.30. The summed E-state index contributed by atoms with van der Waals surface area (Å²) in [6.45, 7) is -0.369. The van der Waals surface area contributed by atoms with Gasteiger partial charge in [-0.15, -0.1) is 0 Å². The van der Waals surface area contributed by atoms with E-state index in [1.165, 1.54) is 0 Å². The SMILES string of the molecule is O=C(CN1C(=O)NC(Cc2c[nH]c3ccccc23)C1=O)NC(c1ccccc1)c1ccc(Cl)cc1. The predicted octanol–water partition coefficient (Wildman–Crippen LogP) is 4.19. The third-order valence-corrected chi connectivity index (χ3v) is 6.40. The zero-order valence-corrected chi connectivity index (χ0v) is 19.5. The summed E-state index contributed by atoms with van der Waals surface area (Å²) in [4.78, 5) is 42.7. The molecule has 1 saturated heterocycles. The van der Waals surface area contributed by atoms with Crippen molar-refractivity contribution < 1.29 is 14.4 Å². The third kappa shape index (κ3) is 4.76. The fourth-order valence-electron chi connectivity index (χ4n) is 4.40. The van der Waals surface area contributed by atoms with Gasteiger partial charge in [0.25, 0.3) is 5.91 Å². The molecule has 0 aliphatic carbocycles. The molecule has 3 N–H and O–H groups in total. The number of rotatable bonds is 7. The Morgan fingerprint density at radius 1 is 0.943 bits per heavy atom. The summed E-state index contributed by atoms with van der Waals surface area (Å²) in [5.74, 6) is -0.858. The van der Waals surface area contributed by atoms with Crippen molar-refractivity contribution in [2.24, 2.45) is 0 Å². The van der Waals surface area contributed by atoms with Gasteiger partial charge in [-0.2, -0.15) is 0 Å². The van der Waals surface area contributed by atoms with Crippen LogP contribution in [-0.4, -0.2) is 40.3 Å². The monoisotopic (exact) mass is 486 g/mol. The molecule has 5 rings (SSSR count). The average molecular weight is 487 g/mol. The molecule has 3 aromatic carbocycles. The van der Waals surface area contributed by atoms with E-state index >= 15 is 0 Å². The number of amides is 4. The molecule has 2 heterocycles. The van der Waals surface area contributed by atoms with Crippen LogP contribution in [0.15, 0.2) is 85.1 Å². The quantitative estimate of drug-likeness (QED) is 0.342. The summed E-state index contributed by atoms with van der Waals surface area (Å²) in [5.41, 5.74) is 3.60. The van der Waals surface area contributed by atoms with Crippen LogP contribution in [-0.2, 0) is 16.0 Å². The lowest BCUT2D eigenvalue weighted by Crippen LogP contribution is -2.42. The van der Waals surface area contributed by atoms with Crippen molar-refractivity contribution in [3.8, 4) is 0 Å². The molecule has 35 heavy (non-hydrogen) atoms. The van der Waals surface area contributed by atoms with Gasteiger partial charge in [0.1, 0.15) is 12.6 Å². The Morgan fingerprint density at radius 3 is 2.40 bits per heavy atom. The molecule has 8 heteroatoms. The van der Waals surface area contributed by atoms with E-state index < -0.39 is 29.9 Å². The van der Waals surface area contributed by atoms with Crippen molar-refractivity contribution in [2.75, 3.05) is 6.54 Å². The number of benzene rings is 3. The second kappa shape index (κ2) is 9.64. The van der Waals surface area contributed by atoms with E-state index in [1.807, 2.05) is 72.9 Å². The van der Waals surface area contributed by atoms with Gasteiger partial charge in [0.2, 0.25) is 5.91 Å². The van der Waals surface area contributed by atoms with Gasteiger partial charge >= 0.3 is 6.03 Å². The zero-order chi connectivity index (χ0) is 24.4. The van der Waals surface area contributed by atoms with Gasteiger partial charge in [0.05, 0.1) is 6.04 Å². The number of aromatic amines is 1. The minimum absolute atomic E-state index is 0.337. The van der Waals surface area contributed by atoms with Crippen LogP contribution in [0.4, 0.5) is 4.79 Å². The maximum atomic E-state index is 13.0. The van der Waals surface area contributed by atoms with Gasteiger partial charge in [0.15, 0.2) is 0 Å². The molecule has 7 nitrogen and oxygen atoms in total. The van der Waals surface area contributed by atoms with E-state index in [-0.39, 0.29) is 6.54 Å². The van der Waals surface area contributed by atoms with Gasteiger partial charge in [0, 0.05) is 28.5 Å². The molecule has 2 atom stereocenters.